The highest BCUT2D eigenvalue weighted by atomic mass is 32.2. The first kappa shape index (κ1) is 16.1. The van der Waals surface area contributed by atoms with Gasteiger partial charge in [0.05, 0.1) is 5.69 Å². The number of carbonyl (C=O) groups excluding carboxylic acids is 1. The van der Waals surface area contributed by atoms with Gasteiger partial charge in [-0.2, -0.15) is 0 Å². The van der Waals surface area contributed by atoms with Gasteiger partial charge >= 0.3 is 0 Å². The van der Waals surface area contributed by atoms with Crippen LogP contribution in [0.1, 0.15) is 12.8 Å². The van der Waals surface area contributed by atoms with Gasteiger partial charge in [0, 0.05) is 15.7 Å². The van der Waals surface area contributed by atoms with Crippen LogP contribution >= 0.6 is 11.8 Å². The molecular weight excluding hydrogens is 304 g/mol. The van der Waals surface area contributed by atoms with E-state index in [1.54, 1.807) is 11.8 Å². The minimum absolute atomic E-state index is 0.126. The van der Waals surface area contributed by atoms with Gasteiger partial charge in [-0.1, -0.05) is 42.1 Å². The van der Waals surface area contributed by atoms with Gasteiger partial charge < -0.3 is 10.2 Å². The van der Waals surface area contributed by atoms with Crippen LogP contribution in [-0.4, -0.2) is 30.9 Å². The van der Waals surface area contributed by atoms with Crippen molar-refractivity contribution in [2.75, 3.05) is 25.5 Å². The fourth-order valence-corrected chi connectivity index (χ4v) is 3.70. The summed E-state index contributed by atoms with van der Waals surface area (Å²) in [5.41, 5.74) is 0.908. The summed E-state index contributed by atoms with van der Waals surface area (Å²) >= 11 is 1.68. The van der Waals surface area contributed by atoms with E-state index in [-0.39, 0.29) is 11.8 Å². The fraction of sp³-hybridized carbons (Fsp3) is 0.316. The van der Waals surface area contributed by atoms with E-state index in [4.69, 9.17) is 0 Å². The molecular formula is C19H22N2OS. The average Bonchev–Trinajstić information content (AvgIpc) is 2.58. The molecule has 4 heteroatoms. The number of para-hydroxylation sites is 1. The predicted molar refractivity (Wildman–Crippen MR) is 95.9 cm³/mol. The Hall–Kier alpha value is -1.78. The lowest BCUT2D eigenvalue weighted by molar-refractivity contribution is -0.121. The van der Waals surface area contributed by atoms with Crippen molar-refractivity contribution < 1.29 is 4.79 Å². The Balaban J connectivity index is 1.69. The molecule has 0 saturated carbocycles. The minimum atomic E-state index is 0.126. The van der Waals surface area contributed by atoms with E-state index in [0.717, 1.165) is 36.5 Å². The molecule has 2 aromatic carbocycles. The van der Waals surface area contributed by atoms with Crippen molar-refractivity contribution in [3.05, 3.63) is 54.6 Å². The summed E-state index contributed by atoms with van der Waals surface area (Å²) in [5.74, 6) is 0.278. The number of hydrogen-bond donors (Lipinski definition) is 1. The number of hydrogen-bond acceptors (Lipinski definition) is 3. The number of rotatable bonds is 4. The molecule has 23 heavy (non-hydrogen) atoms. The summed E-state index contributed by atoms with van der Waals surface area (Å²) in [6, 6.07) is 18.3. The van der Waals surface area contributed by atoms with Gasteiger partial charge in [-0.05, 0) is 57.2 Å². The van der Waals surface area contributed by atoms with Crippen molar-refractivity contribution in [3.63, 3.8) is 0 Å². The van der Waals surface area contributed by atoms with E-state index in [2.05, 4.69) is 35.5 Å². The first-order valence-corrected chi connectivity index (χ1v) is 8.85. The van der Waals surface area contributed by atoms with Crippen molar-refractivity contribution in [2.24, 2.45) is 5.92 Å². The molecule has 1 aliphatic rings. The predicted octanol–water partition coefficient (Wildman–Crippen LogP) is 4.12. The maximum absolute atomic E-state index is 12.5. The van der Waals surface area contributed by atoms with Crippen LogP contribution in [-0.2, 0) is 4.79 Å². The Bertz CT molecular complexity index is 651. The molecule has 1 aliphatic heterocycles. The van der Waals surface area contributed by atoms with Crippen LogP contribution in [0, 0.1) is 5.92 Å². The van der Waals surface area contributed by atoms with Crippen LogP contribution in [0.25, 0.3) is 0 Å². The molecule has 120 valence electrons. The lowest BCUT2D eigenvalue weighted by Gasteiger charge is -2.28. The fourth-order valence-electron chi connectivity index (χ4n) is 2.78. The molecule has 1 N–H and O–H groups in total. The van der Waals surface area contributed by atoms with Crippen LogP contribution in [0.5, 0.6) is 0 Å². The number of nitrogens with one attached hydrogen (secondary N) is 1. The zero-order valence-electron chi connectivity index (χ0n) is 13.4. The third kappa shape index (κ3) is 4.36. The highest BCUT2D eigenvalue weighted by Crippen LogP contribution is 2.33. The van der Waals surface area contributed by atoms with Crippen molar-refractivity contribution >= 4 is 23.4 Å². The van der Waals surface area contributed by atoms with Crippen molar-refractivity contribution in [2.45, 2.75) is 22.6 Å². The Labute approximate surface area is 142 Å². The van der Waals surface area contributed by atoms with Crippen LogP contribution in [0.2, 0.25) is 0 Å². The van der Waals surface area contributed by atoms with Gasteiger partial charge in [0.1, 0.15) is 0 Å². The summed E-state index contributed by atoms with van der Waals surface area (Å²) < 4.78 is 0. The highest BCUT2D eigenvalue weighted by Gasteiger charge is 2.23. The number of carbonyl (C=O) groups is 1. The zero-order valence-corrected chi connectivity index (χ0v) is 14.2. The van der Waals surface area contributed by atoms with Crippen molar-refractivity contribution in [1.82, 2.24) is 4.90 Å². The topological polar surface area (TPSA) is 32.3 Å². The Morgan fingerprint density at radius 2 is 1.70 bits per heavy atom. The monoisotopic (exact) mass is 326 g/mol. The highest BCUT2D eigenvalue weighted by molar-refractivity contribution is 7.99. The molecule has 1 saturated heterocycles. The molecule has 1 amide bonds. The quantitative estimate of drug-likeness (QED) is 0.917. The van der Waals surface area contributed by atoms with Crippen LogP contribution < -0.4 is 5.32 Å². The second-order valence-corrected chi connectivity index (χ2v) is 7.09. The molecule has 0 spiro atoms. The van der Waals surface area contributed by atoms with Gasteiger partial charge in [0.15, 0.2) is 0 Å². The van der Waals surface area contributed by atoms with Crippen molar-refractivity contribution in [1.29, 1.82) is 0 Å². The Morgan fingerprint density at radius 3 is 2.43 bits per heavy atom. The SMILES string of the molecule is CN1CCC(C(=O)Nc2ccccc2Sc2ccccc2)CC1. The average molecular weight is 326 g/mol. The number of nitrogens with zero attached hydrogens (tertiary/aromatic N) is 1. The van der Waals surface area contributed by atoms with E-state index >= 15 is 0 Å². The number of amides is 1. The smallest absolute Gasteiger partial charge is 0.227 e. The van der Waals surface area contributed by atoms with Gasteiger partial charge in [-0.25, -0.2) is 0 Å². The summed E-state index contributed by atoms with van der Waals surface area (Å²) in [6.07, 6.45) is 1.88. The van der Waals surface area contributed by atoms with Gasteiger partial charge in [0.25, 0.3) is 0 Å². The molecule has 0 atom stereocenters. The lowest BCUT2D eigenvalue weighted by atomic mass is 9.96. The largest absolute Gasteiger partial charge is 0.325 e. The number of benzene rings is 2. The number of likely N-dealkylation sites (tertiary alicyclic amines) is 1. The molecule has 3 rings (SSSR count). The molecule has 2 aromatic rings. The third-order valence-corrected chi connectivity index (χ3v) is 5.29. The zero-order chi connectivity index (χ0) is 16.1. The second kappa shape index (κ2) is 7.66. The first-order chi connectivity index (χ1) is 11.2. The molecule has 0 aromatic heterocycles. The number of anilines is 1. The van der Waals surface area contributed by atoms with Crippen LogP contribution in [0.4, 0.5) is 5.69 Å². The molecule has 0 aliphatic carbocycles. The van der Waals surface area contributed by atoms with E-state index in [9.17, 15) is 4.79 Å². The van der Waals surface area contributed by atoms with E-state index in [0.29, 0.717) is 0 Å². The Kier molecular flexibility index (Phi) is 5.36. The molecule has 0 unspecified atom stereocenters. The first-order valence-electron chi connectivity index (χ1n) is 8.04. The lowest BCUT2D eigenvalue weighted by Crippen LogP contribution is -2.35. The van der Waals surface area contributed by atoms with Crippen LogP contribution in [0.3, 0.4) is 0 Å². The Morgan fingerprint density at radius 1 is 1.04 bits per heavy atom. The standard InChI is InChI=1S/C19H22N2OS/c1-21-13-11-15(12-14-21)19(22)20-17-9-5-6-10-18(17)23-16-7-3-2-4-8-16/h2-10,15H,11-14H2,1H3,(H,20,22). The summed E-state index contributed by atoms with van der Waals surface area (Å²) in [6.45, 7) is 2.00. The van der Waals surface area contributed by atoms with Crippen molar-refractivity contribution in [3.8, 4) is 0 Å². The maximum atomic E-state index is 12.5. The molecule has 0 bridgehead atoms. The normalized spacial score (nSPS) is 16.2. The van der Waals surface area contributed by atoms with Crippen LogP contribution in [0.15, 0.2) is 64.4 Å². The van der Waals surface area contributed by atoms with E-state index in [1.807, 2.05) is 36.4 Å². The number of piperidine rings is 1. The van der Waals surface area contributed by atoms with Gasteiger partial charge in [0.2, 0.25) is 5.91 Å². The second-order valence-electron chi connectivity index (χ2n) is 5.98. The molecule has 0 radical (unpaired) electrons. The van der Waals surface area contributed by atoms with Gasteiger partial charge in [-0.3, -0.25) is 4.79 Å². The molecule has 1 fully saturated rings. The third-order valence-electron chi connectivity index (χ3n) is 4.21. The van der Waals surface area contributed by atoms with E-state index < -0.39 is 0 Å². The summed E-state index contributed by atoms with van der Waals surface area (Å²) in [4.78, 5) is 17.1. The van der Waals surface area contributed by atoms with Gasteiger partial charge in [-0.15, -0.1) is 0 Å². The summed E-state index contributed by atoms with van der Waals surface area (Å²) in [5, 5.41) is 3.14. The minimum Gasteiger partial charge on any atom is -0.325 e. The molecule has 1 heterocycles. The van der Waals surface area contributed by atoms with E-state index in [1.165, 1.54) is 4.90 Å². The maximum Gasteiger partial charge on any atom is 0.227 e. The molecule has 3 nitrogen and oxygen atoms in total. The summed E-state index contributed by atoms with van der Waals surface area (Å²) in [7, 11) is 2.11.